The number of hydrogen-bond donors (Lipinski definition) is 0. The first-order valence-corrected chi connectivity index (χ1v) is 6.49. The van der Waals surface area contributed by atoms with Crippen molar-refractivity contribution in [2.45, 2.75) is 37.9 Å². The lowest BCUT2D eigenvalue weighted by molar-refractivity contribution is -0.164. The van der Waals surface area contributed by atoms with Crippen LogP contribution in [0.5, 0.6) is 0 Å². The Morgan fingerprint density at radius 1 is 1.62 bits per heavy atom. The van der Waals surface area contributed by atoms with E-state index in [1.54, 1.807) is 6.92 Å². The predicted octanol–water partition coefficient (Wildman–Crippen LogP) is 2.05. The monoisotopic (exact) mass is 292 g/mol. The van der Waals surface area contributed by atoms with Crippen LogP contribution in [0.1, 0.15) is 33.1 Å². The Morgan fingerprint density at radius 2 is 2.31 bits per heavy atom. The van der Waals surface area contributed by atoms with Crippen LogP contribution in [-0.4, -0.2) is 30.0 Å². The third-order valence-corrected chi connectivity index (χ3v) is 3.87. The summed E-state index contributed by atoms with van der Waals surface area (Å²) in [6, 6.07) is 0. The van der Waals surface area contributed by atoms with Gasteiger partial charge in [-0.2, -0.15) is 0 Å². The molecule has 0 aromatic carbocycles. The molecule has 0 unspecified atom stereocenters. The molecule has 0 N–H and O–H groups in total. The zero-order chi connectivity index (χ0) is 12.2. The van der Waals surface area contributed by atoms with E-state index in [2.05, 4.69) is 15.9 Å². The number of halogens is 1. The van der Waals surface area contributed by atoms with Gasteiger partial charge in [-0.3, -0.25) is 9.59 Å². The van der Waals surface area contributed by atoms with Crippen molar-refractivity contribution >= 4 is 27.9 Å². The molecule has 1 aliphatic rings. The highest BCUT2D eigenvalue weighted by molar-refractivity contribution is 9.09. The summed E-state index contributed by atoms with van der Waals surface area (Å²) in [7, 11) is 0. The molecule has 1 fully saturated rings. The van der Waals surface area contributed by atoms with Crippen molar-refractivity contribution in [1.82, 2.24) is 0 Å². The molecule has 0 saturated carbocycles. The number of esters is 2. The SMILES string of the molecule is CCCC[C@]1(C(=O)OCC)C(=O)OC[C@@H]1Br. The van der Waals surface area contributed by atoms with Gasteiger partial charge in [0.1, 0.15) is 6.61 Å². The molecule has 0 radical (unpaired) electrons. The second kappa shape index (κ2) is 5.66. The average molecular weight is 293 g/mol. The van der Waals surface area contributed by atoms with Crippen LogP contribution < -0.4 is 0 Å². The highest BCUT2D eigenvalue weighted by atomic mass is 79.9. The molecule has 0 spiro atoms. The minimum absolute atomic E-state index is 0.237. The lowest BCUT2D eigenvalue weighted by Crippen LogP contribution is -2.43. The van der Waals surface area contributed by atoms with E-state index in [0.717, 1.165) is 12.8 Å². The summed E-state index contributed by atoms with van der Waals surface area (Å²) < 4.78 is 9.96. The first-order chi connectivity index (χ1) is 7.59. The molecular formula is C11H17BrO4. The zero-order valence-electron chi connectivity index (χ0n) is 9.62. The van der Waals surface area contributed by atoms with Crippen LogP contribution in [0.2, 0.25) is 0 Å². The maximum absolute atomic E-state index is 11.9. The Kier molecular flexibility index (Phi) is 4.77. The third-order valence-electron chi connectivity index (χ3n) is 2.82. The van der Waals surface area contributed by atoms with Crippen LogP contribution in [0.3, 0.4) is 0 Å². The minimum Gasteiger partial charge on any atom is -0.465 e. The second-order valence-electron chi connectivity index (χ2n) is 3.86. The molecule has 92 valence electrons. The Hall–Kier alpha value is -0.580. The van der Waals surface area contributed by atoms with Gasteiger partial charge in [-0.1, -0.05) is 35.7 Å². The zero-order valence-corrected chi connectivity index (χ0v) is 11.2. The van der Waals surface area contributed by atoms with E-state index in [9.17, 15) is 9.59 Å². The van der Waals surface area contributed by atoms with Gasteiger partial charge in [0.05, 0.1) is 11.4 Å². The summed E-state index contributed by atoms with van der Waals surface area (Å²) in [5.41, 5.74) is -1.13. The fraction of sp³-hybridized carbons (Fsp3) is 0.818. The Labute approximate surface area is 104 Å². The van der Waals surface area contributed by atoms with Gasteiger partial charge in [0, 0.05) is 0 Å². The van der Waals surface area contributed by atoms with Gasteiger partial charge in [-0.25, -0.2) is 0 Å². The smallest absolute Gasteiger partial charge is 0.324 e. The molecule has 1 heterocycles. The molecular weight excluding hydrogens is 276 g/mol. The maximum atomic E-state index is 11.9. The van der Waals surface area contributed by atoms with Crippen LogP contribution in [0.4, 0.5) is 0 Å². The number of carbonyl (C=O) groups excluding carboxylic acids is 2. The minimum atomic E-state index is -1.13. The first-order valence-electron chi connectivity index (χ1n) is 5.58. The van der Waals surface area contributed by atoms with Crippen LogP contribution >= 0.6 is 15.9 Å². The lowest BCUT2D eigenvalue weighted by Gasteiger charge is -2.25. The van der Waals surface area contributed by atoms with Gasteiger partial charge >= 0.3 is 11.9 Å². The Balaban J connectivity index is 2.91. The third kappa shape index (κ3) is 2.24. The summed E-state index contributed by atoms with van der Waals surface area (Å²) in [5.74, 6) is -0.922. The summed E-state index contributed by atoms with van der Waals surface area (Å²) in [6.45, 7) is 4.26. The Morgan fingerprint density at radius 3 is 2.75 bits per heavy atom. The van der Waals surface area contributed by atoms with Crippen LogP contribution in [0.25, 0.3) is 0 Å². The van der Waals surface area contributed by atoms with Gasteiger partial charge in [0.25, 0.3) is 0 Å². The molecule has 0 bridgehead atoms. The Bertz CT molecular complexity index is 279. The summed E-state index contributed by atoms with van der Waals surface area (Å²) >= 11 is 3.36. The summed E-state index contributed by atoms with van der Waals surface area (Å²) in [5, 5.41) is 0. The second-order valence-corrected chi connectivity index (χ2v) is 4.97. The molecule has 0 amide bonds. The number of ether oxygens (including phenoxy) is 2. The standard InChI is InChI=1S/C11H17BrO4/c1-3-5-6-11(9(13)15-4-2)8(12)7-16-10(11)14/h8H,3-7H2,1-2H3/t8-,11-/m0/s1. The molecule has 16 heavy (non-hydrogen) atoms. The van der Waals surface area contributed by atoms with E-state index in [4.69, 9.17) is 9.47 Å². The van der Waals surface area contributed by atoms with E-state index in [1.165, 1.54) is 0 Å². The number of rotatable bonds is 5. The van der Waals surface area contributed by atoms with E-state index in [-0.39, 0.29) is 18.0 Å². The van der Waals surface area contributed by atoms with Crippen molar-refractivity contribution in [3.8, 4) is 0 Å². The number of alkyl halides is 1. The van der Waals surface area contributed by atoms with Gasteiger partial charge in [-0.15, -0.1) is 0 Å². The quantitative estimate of drug-likeness (QED) is 0.442. The number of unbranched alkanes of at least 4 members (excludes halogenated alkanes) is 1. The molecule has 0 aromatic rings. The number of carbonyl (C=O) groups is 2. The van der Waals surface area contributed by atoms with Gasteiger partial charge in [-0.05, 0) is 13.3 Å². The number of hydrogen-bond acceptors (Lipinski definition) is 4. The summed E-state index contributed by atoms with van der Waals surface area (Å²) in [4.78, 5) is 23.4. The van der Waals surface area contributed by atoms with E-state index >= 15 is 0 Å². The van der Waals surface area contributed by atoms with Crippen molar-refractivity contribution < 1.29 is 19.1 Å². The molecule has 2 atom stereocenters. The molecule has 4 nitrogen and oxygen atoms in total. The molecule has 5 heteroatoms. The van der Waals surface area contributed by atoms with Crippen molar-refractivity contribution in [2.75, 3.05) is 13.2 Å². The molecule has 1 rings (SSSR count). The topological polar surface area (TPSA) is 52.6 Å². The van der Waals surface area contributed by atoms with E-state index < -0.39 is 17.4 Å². The van der Waals surface area contributed by atoms with Crippen molar-refractivity contribution in [2.24, 2.45) is 5.41 Å². The van der Waals surface area contributed by atoms with Crippen LogP contribution in [0, 0.1) is 5.41 Å². The molecule has 1 aliphatic heterocycles. The van der Waals surface area contributed by atoms with Crippen molar-refractivity contribution in [3.05, 3.63) is 0 Å². The van der Waals surface area contributed by atoms with Gasteiger partial charge in [0.15, 0.2) is 5.41 Å². The van der Waals surface area contributed by atoms with E-state index in [1.807, 2.05) is 6.92 Å². The molecule has 1 saturated heterocycles. The van der Waals surface area contributed by atoms with Gasteiger partial charge in [0.2, 0.25) is 0 Å². The fourth-order valence-corrected chi connectivity index (χ4v) is 2.57. The number of cyclic esters (lactones) is 1. The first kappa shape index (κ1) is 13.5. The highest BCUT2D eigenvalue weighted by Crippen LogP contribution is 2.41. The van der Waals surface area contributed by atoms with Crippen molar-refractivity contribution in [3.63, 3.8) is 0 Å². The van der Waals surface area contributed by atoms with Crippen molar-refractivity contribution in [1.29, 1.82) is 0 Å². The van der Waals surface area contributed by atoms with Crippen LogP contribution in [0.15, 0.2) is 0 Å². The average Bonchev–Trinajstić information content (AvgIpc) is 2.54. The van der Waals surface area contributed by atoms with Crippen LogP contribution in [-0.2, 0) is 19.1 Å². The normalized spacial score (nSPS) is 28.9. The summed E-state index contributed by atoms with van der Waals surface area (Å²) in [6.07, 6.45) is 2.21. The maximum Gasteiger partial charge on any atom is 0.324 e. The van der Waals surface area contributed by atoms with Gasteiger partial charge < -0.3 is 9.47 Å². The fourth-order valence-electron chi connectivity index (χ4n) is 1.84. The van der Waals surface area contributed by atoms with E-state index in [0.29, 0.717) is 6.42 Å². The lowest BCUT2D eigenvalue weighted by atomic mass is 9.81. The predicted molar refractivity (Wildman–Crippen MR) is 62.3 cm³/mol. The molecule has 0 aliphatic carbocycles. The molecule has 0 aromatic heterocycles. The largest absolute Gasteiger partial charge is 0.465 e. The highest BCUT2D eigenvalue weighted by Gasteiger charge is 2.58.